The van der Waals surface area contributed by atoms with Gasteiger partial charge in [0.05, 0.1) is 11.2 Å². The molecule has 1 aromatic rings. The highest BCUT2D eigenvalue weighted by Gasteiger charge is 2.30. The molecule has 1 heterocycles. The molecule has 0 aromatic carbocycles. The Kier molecular flexibility index (Phi) is 5.39. The second-order valence-electron chi connectivity index (χ2n) is 5.71. The zero-order chi connectivity index (χ0) is 15.4. The smallest absolute Gasteiger partial charge is 0.388 e. The Labute approximate surface area is 117 Å². The second kappa shape index (κ2) is 6.43. The molecule has 3 nitrogen and oxygen atoms in total. The number of nitrogens with zero attached hydrogens (tertiary/aromatic N) is 1. The molecule has 0 saturated carbocycles. The van der Waals surface area contributed by atoms with Crippen molar-refractivity contribution in [3.05, 3.63) is 23.9 Å². The number of anilines is 1. The van der Waals surface area contributed by atoms with Gasteiger partial charge in [-0.15, -0.1) is 0 Å². The third-order valence-electron chi connectivity index (χ3n) is 3.00. The van der Waals surface area contributed by atoms with E-state index in [-0.39, 0.29) is 6.54 Å². The predicted octanol–water partition coefficient (Wildman–Crippen LogP) is 3.70. The number of halogens is 3. The van der Waals surface area contributed by atoms with Gasteiger partial charge in [-0.1, -0.05) is 13.8 Å². The first-order chi connectivity index (χ1) is 9.10. The summed E-state index contributed by atoms with van der Waals surface area (Å²) in [6.45, 7) is 6.09. The fraction of sp³-hybridized carbons (Fsp3) is 0.643. The number of nitrogens with one attached hydrogen (secondary N) is 1. The summed E-state index contributed by atoms with van der Waals surface area (Å²) in [5.74, 6) is 0.813. The van der Waals surface area contributed by atoms with Crippen molar-refractivity contribution < 1.29 is 18.3 Å². The van der Waals surface area contributed by atoms with Crippen LogP contribution in [0.2, 0.25) is 0 Å². The number of hydrogen-bond acceptors (Lipinski definition) is 3. The van der Waals surface area contributed by atoms with E-state index < -0.39 is 17.3 Å². The molecular formula is C14H21F3N2O. The summed E-state index contributed by atoms with van der Waals surface area (Å²) in [6.07, 6.45) is -2.09. The topological polar surface area (TPSA) is 45.1 Å². The largest absolute Gasteiger partial charge is 0.417 e. The minimum Gasteiger partial charge on any atom is -0.388 e. The number of pyridine rings is 1. The lowest BCUT2D eigenvalue weighted by molar-refractivity contribution is -0.137. The van der Waals surface area contributed by atoms with Crippen LogP contribution in [0.15, 0.2) is 18.3 Å². The number of hydrogen-bond donors (Lipinski definition) is 2. The van der Waals surface area contributed by atoms with E-state index in [2.05, 4.69) is 24.1 Å². The van der Waals surface area contributed by atoms with Gasteiger partial charge >= 0.3 is 6.18 Å². The first-order valence-electron chi connectivity index (χ1n) is 6.60. The van der Waals surface area contributed by atoms with Gasteiger partial charge in [0.2, 0.25) is 0 Å². The average molecular weight is 290 g/mol. The van der Waals surface area contributed by atoms with E-state index in [4.69, 9.17) is 0 Å². The first kappa shape index (κ1) is 16.8. The molecule has 0 fully saturated rings. The van der Waals surface area contributed by atoms with Gasteiger partial charge in [0, 0.05) is 12.7 Å². The molecule has 1 unspecified atom stereocenters. The molecule has 1 rings (SSSR count). The van der Waals surface area contributed by atoms with Crippen LogP contribution in [0.5, 0.6) is 0 Å². The van der Waals surface area contributed by atoms with Crippen LogP contribution in [0, 0.1) is 5.92 Å². The molecular weight excluding hydrogens is 269 g/mol. The third-order valence-corrected chi connectivity index (χ3v) is 3.00. The highest BCUT2D eigenvalue weighted by Crippen LogP contribution is 2.29. The highest BCUT2D eigenvalue weighted by atomic mass is 19.4. The summed E-state index contributed by atoms with van der Waals surface area (Å²) in [4.78, 5) is 3.70. The fourth-order valence-corrected chi connectivity index (χ4v) is 1.64. The molecule has 0 radical (unpaired) electrons. The van der Waals surface area contributed by atoms with E-state index in [0.717, 1.165) is 18.7 Å². The fourth-order valence-electron chi connectivity index (χ4n) is 1.64. The Morgan fingerprint density at radius 3 is 2.40 bits per heavy atom. The summed E-state index contributed by atoms with van der Waals surface area (Å²) in [5.41, 5.74) is -1.69. The Bertz CT molecular complexity index is 413. The van der Waals surface area contributed by atoms with Crippen molar-refractivity contribution in [2.45, 2.75) is 45.4 Å². The normalized spacial score (nSPS) is 15.2. The van der Waals surface area contributed by atoms with Crippen LogP contribution < -0.4 is 5.32 Å². The van der Waals surface area contributed by atoms with Crippen LogP contribution in [-0.2, 0) is 6.18 Å². The number of alkyl halides is 3. The minimum atomic E-state index is -4.38. The van der Waals surface area contributed by atoms with Gasteiger partial charge in [-0.25, -0.2) is 4.98 Å². The molecule has 0 saturated heterocycles. The van der Waals surface area contributed by atoms with E-state index in [1.807, 2.05) is 0 Å². The average Bonchev–Trinajstić information content (AvgIpc) is 2.34. The zero-order valence-electron chi connectivity index (χ0n) is 12.0. The van der Waals surface area contributed by atoms with E-state index in [0.29, 0.717) is 18.2 Å². The zero-order valence-corrected chi connectivity index (χ0v) is 12.0. The molecule has 2 N–H and O–H groups in total. The van der Waals surface area contributed by atoms with Crippen LogP contribution in [-0.4, -0.2) is 22.2 Å². The summed E-state index contributed by atoms with van der Waals surface area (Å²) in [6, 6.07) is 2.24. The van der Waals surface area contributed by atoms with Gasteiger partial charge in [0.15, 0.2) is 0 Å². The van der Waals surface area contributed by atoms with Crippen molar-refractivity contribution >= 4 is 5.82 Å². The maximum absolute atomic E-state index is 12.4. The molecule has 114 valence electrons. The molecule has 0 aliphatic rings. The molecule has 1 aromatic heterocycles. The van der Waals surface area contributed by atoms with Crippen LogP contribution >= 0.6 is 0 Å². The lowest BCUT2D eigenvalue weighted by Crippen LogP contribution is -2.34. The Balaban J connectivity index is 2.53. The van der Waals surface area contributed by atoms with E-state index in [1.54, 1.807) is 6.92 Å². The summed E-state index contributed by atoms with van der Waals surface area (Å²) >= 11 is 0. The standard InChI is InChI=1S/C14H21F3N2O/c1-10(2)6-7-13(3,20)9-19-12-5-4-11(8-18-12)14(15,16)17/h4-5,8,10,20H,6-7,9H2,1-3H3,(H,18,19). The van der Waals surface area contributed by atoms with Crippen molar-refractivity contribution in [3.8, 4) is 0 Å². The monoisotopic (exact) mass is 290 g/mol. The van der Waals surface area contributed by atoms with Crippen molar-refractivity contribution in [2.24, 2.45) is 5.92 Å². The number of aliphatic hydroxyl groups is 1. The molecule has 0 bridgehead atoms. The first-order valence-corrected chi connectivity index (χ1v) is 6.60. The van der Waals surface area contributed by atoms with Gasteiger partial charge in [0.25, 0.3) is 0 Å². The van der Waals surface area contributed by atoms with Gasteiger partial charge in [0.1, 0.15) is 5.82 Å². The van der Waals surface area contributed by atoms with Gasteiger partial charge < -0.3 is 10.4 Å². The lowest BCUT2D eigenvalue weighted by Gasteiger charge is -2.24. The van der Waals surface area contributed by atoms with Gasteiger partial charge in [-0.2, -0.15) is 13.2 Å². The van der Waals surface area contributed by atoms with Gasteiger partial charge in [-0.3, -0.25) is 0 Å². The van der Waals surface area contributed by atoms with Crippen LogP contribution in [0.1, 0.15) is 39.2 Å². The van der Waals surface area contributed by atoms with E-state index >= 15 is 0 Å². The molecule has 0 amide bonds. The molecule has 1 atom stereocenters. The minimum absolute atomic E-state index is 0.248. The van der Waals surface area contributed by atoms with Crippen molar-refractivity contribution in [1.29, 1.82) is 0 Å². The molecule has 0 aliphatic heterocycles. The number of rotatable bonds is 6. The van der Waals surface area contributed by atoms with Crippen molar-refractivity contribution in [3.63, 3.8) is 0 Å². The molecule has 0 spiro atoms. The van der Waals surface area contributed by atoms with E-state index in [1.165, 1.54) is 6.07 Å². The van der Waals surface area contributed by atoms with Gasteiger partial charge in [-0.05, 0) is 37.8 Å². The Morgan fingerprint density at radius 1 is 1.30 bits per heavy atom. The molecule has 0 aliphatic carbocycles. The molecule has 6 heteroatoms. The quantitative estimate of drug-likeness (QED) is 0.839. The predicted molar refractivity (Wildman–Crippen MR) is 72.4 cm³/mol. The maximum atomic E-state index is 12.4. The van der Waals surface area contributed by atoms with E-state index in [9.17, 15) is 18.3 Å². The summed E-state index contributed by atoms with van der Waals surface area (Å²) in [7, 11) is 0. The lowest BCUT2D eigenvalue weighted by atomic mass is 9.95. The van der Waals surface area contributed by atoms with Crippen molar-refractivity contribution in [1.82, 2.24) is 4.98 Å². The van der Waals surface area contributed by atoms with Crippen LogP contribution in [0.4, 0.5) is 19.0 Å². The SMILES string of the molecule is CC(C)CCC(C)(O)CNc1ccc(C(F)(F)F)cn1. The highest BCUT2D eigenvalue weighted by molar-refractivity contribution is 5.36. The summed E-state index contributed by atoms with van der Waals surface area (Å²) < 4.78 is 37.1. The third kappa shape index (κ3) is 5.77. The number of aromatic nitrogens is 1. The molecule has 20 heavy (non-hydrogen) atoms. The second-order valence-corrected chi connectivity index (χ2v) is 5.71. The Morgan fingerprint density at radius 2 is 1.95 bits per heavy atom. The Hall–Kier alpha value is -1.30. The summed E-state index contributed by atoms with van der Waals surface area (Å²) in [5, 5.41) is 13.0. The van der Waals surface area contributed by atoms with Crippen LogP contribution in [0.25, 0.3) is 0 Å². The van der Waals surface area contributed by atoms with Crippen LogP contribution in [0.3, 0.4) is 0 Å². The van der Waals surface area contributed by atoms with Crippen molar-refractivity contribution in [2.75, 3.05) is 11.9 Å². The maximum Gasteiger partial charge on any atom is 0.417 e.